The SMILES string of the molecule is CCCCOC1=CC(C(=O)SCc2ccccc2)C(N)=NN1c1ccccc1. The number of thioether (sulfide) groups is 1. The van der Waals surface area contributed by atoms with Crippen molar-refractivity contribution in [1.82, 2.24) is 0 Å². The zero-order chi connectivity index (χ0) is 19.8. The molecule has 2 aromatic rings. The van der Waals surface area contributed by atoms with Gasteiger partial charge in [-0.25, -0.2) is 0 Å². The first-order valence-electron chi connectivity index (χ1n) is 9.43. The van der Waals surface area contributed by atoms with E-state index in [0.717, 1.165) is 24.1 Å². The van der Waals surface area contributed by atoms with Gasteiger partial charge in [0.1, 0.15) is 11.8 Å². The minimum Gasteiger partial charge on any atom is -0.478 e. The number of rotatable bonds is 8. The first kappa shape index (κ1) is 20.0. The maximum absolute atomic E-state index is 12.8. The third-order valence-corrected chi connectivity index (χ3v) is 5.29. The van der Waals surface area contributed by atoms with Crippen LogP contribution in [0, 0.1) is 5.92 Å². The van der Waals surface area contributed by atoms with Crippen molar-refractivity contribution in [2.45, 2.75) is 25.5 Å². The number of hydrogen-bond donors (Lipinski definition) is 1. The molecule has 0 saturated heterocycles. The van der Waals surface area contributed by atoms with Crippen LogP contribution in [-0.2, 0) is 15.3 Å². The van der Waals surface area contributed by atoms with Crippen LogP contribution in [0.2, 0.25) is 0 Å². The lowest BCUT2D eigenvalue weighted by Gasteiger charge is -2.28. The number of nitrogens with zero attached hydrogens (tertiary/aromatic N) is 2. The second-order valence-corrected chi connectivity index (χ2v) is 7.43. The van der Waals surface area contributed by atoms with E-state index in [9.17, 15) is 4.79 Å². The van der Waals surface area contributed by atoms with E-state index in [1.807, 2.05) is 60.7 Å². The number of ether oxygens (including phenoxy) is 1. The van der Waals surface area contributed by atoms with Crippen LogP contribution in [0.1, 0.15) is 25.3 Å². The van der Waals surface area contributed by atoms with Crippen LogP contribution in [0.15, 0.2) is 77.7 Å². The molecule has 0 aromatic heterocycles. The Hall–Kier alpha value is -2.73. The molecule has 28 heavy (non-hydrogen) atoms. The predicted octanol–water partition coefficient (Wildman–Crippen LogP) is 4.51. The molecule has 146 valence electrons. The first-order chi connectivity index (χ1) is 13.7. The number of nitrogens with two attached hydrogens (primary N) is 1. The molecule has 0 radical (unpaired) electrons. The summed E-state index contributed by atoms with van der Waals surface area (Å²) in [5, 5.41) is 6.10. The third-order valence-electron chi connectivity index (χ3n) is 4.28. The van der Waals surface area contributed by atoms with Crippen molar-refractivity contribution in [3.8, 4) is 0 Å². The summed E-state index contributed by atoms with van der Waals surface area (Å²) in [6.07, 6.45) is 3.74. The Morgan fingerprint density at radius 1 is 1.14 bits per heavy atom. The van der Waals surface area contributed by atoms with Gasteiger partial charge < -0.3 is 10.5 Å². The van der Waals surface area contributed by atoms with E-state index in [1.165, 1.54) is 11.8 Å². The van der Waals surface area contributed by atoms with Crippen LogP contribution in [0.4, 0.5) is 5.69 Å². The largest absolute Gasteiger partial charge is 0.478 e. The van der Waals surface area contributed by atoms with E-state index in [0.29, 0.717) is 18.2 Å². The van der Waals surface area contributed by atoms with Crippen LogP contribution in [0.5, 0.6) is 0 Å². The van der Waals surface area contributed by atoms with Gasteiger partial charge >= 0.3 is 0 Å². The van der Waals surface area contributed by atoms with Crippen molar-refractivity contribution in [3.63, 3.8) is 0 Å². The van der Waals surface area contributed by atoms with Gasteiger partial charge in [-0.2, -0.15) is 10.1 Å². The molecule has 1 aliphatic rings. The minimum atomic E-state index is -0.592. The summed E-state index contributed by atoms with van der Waals surface area (Å²) < 4.78 is 5.94. The number of benzene rings is 2. The summed E-state index contributed by atoms with van der Waals surface area (Å²) in [5.41, 5.74) is 8.11. The quantitative estimate of drug-likeness (QED) is 0.666. The molecule has 1 heterocycles. The first-order valence-corrected chi connectivity index (χ1v) is 10.4. The standard InChI is InChI=1S/C22H25N3O2S/c1-2-3-14-27-20-15-19(22(26)28-16-17-10-6-4-7-11-17)21(23)24-25(20)18-12-8-5-9-13-18/h4-13,15,19H,2-3,14,16H2,1H3,(H2,23,24). The highest BCUT2D eigenvalue weighted by Crippen LogP contribution is 2.28. The average molecular weight is 396 g/mol. The maximum atomic E-state index is 12.8. The monoisotopic (exact) mass is 395 g/mol. The number of para-hydroxylation sites is 1. The maximum Gasteiger partial charge on any atom is 0.212 e. The second kappa shape index (κ2) is 9.99. The van der Waals surface area contributed by atoms with Crippen molar-refractivity contribution in [2.75, 3.05) is 11.6 Å². The number of unbranched alkanes of at least 4 members (excludes halogenated alkanes) is 1. The van der Waals surface area contributed by atoms with Crippen molar-refractivity contribution in [1.29, 1.82) is 0 Å². The normalized spacial score (nSPS) is 16.3. The van der Waals surface area contributed by atoms with Crippen molar-refractivity contribution < 1.29 is 9.53 Å². The van der Waals surface area contributed by atoms with E-state index in [2.05, 4.69) is 12.0 Å². The summed E-state index contributed by atoms with van der Waals surface area (Å²) in [6, 6.07) is 19.6. The molecule has 1 unspecified atom stereocenters. The number of hydrogen-bond acceptors (Lipinski definition) is 6. The third kappa shape index (κ3) is 5.16. The summed E-state index contributed by atoms with van der Waals surface area (Å²) in [7, 11) is 0. The van der Waals surface area contributed by atoms with Crippen molar-refractivity contribution in [2.24, 2.45) is 16.8 Å². The van der Waals surface area contributed by atoms with Crippen LogP contribution >= 0.6 is 11.8 Å². The zero-order valence-corrected chi connectivity index (χ0v) is 16.8. The van der Waals surface area contributed by atoms with Gasteiger partial charge in [-0.05, 0) is 30.2 Å². The molecule has 0 fully saturated rings. The van der Waals surface area contributed by atoms with Gasteiger partial charge in [-0.3, -0.25) is 4.79 Å². The summed E-state index contributed by atoms with van der Waals surface area (Å²) in [6.45, 7) is 2.68. The van der Waals surface area contributed by atoms with Crippen LogP contribution in [0.3, 0.4) is 0 Å². The van der Waals surface area contributed by atoms with Crippen molar-refractivity contribution in [3.05, 3.63) is 78.2 Å². The van der Waals surface area contributed by atoms with Gasteiger partial charge in [-0.1, -0.05) is 73.6 Å². The molecule has 2 aromatic carbocycles. The molecule has 1 atom stereocenters. The van der Waals surface area contributed by atoms with E-state index in [1.54, 1.807) is 11.1 Å². The molecule has 0 saturated carbocycles. The number of anilines is 1. The number of carbonyl (C=O) groups excluding carboxylic acids is 1. The Kier molecular flexibility index (Phi) is 7.14. The van der Waals surface area contributed by atoms with Crippen LogP contribution < -0.4 is 10.7 Å². The lowest BCUT2D eigenvalue weighted by Crippen LogP contribution is -2.37. The highest BCUT2D eigenvalue weighted by atomic mass is 32.2. The molecule has 0 spiro atoms. The highest BCUT2D eigenvalue weighted by Gasteiger charge is 2.29. The number of amidine groups is 1. The predicted molar refractivity (Wildman–Crippen MR) is 116 cm³/mol. The lowest BCUT2D eigenvalue weighted by molar-refractivity contribution is -0.111. The molecule has 0 bridgehead atoms. The summed E-state index contributed by atoms with van der Waals surface area (Å²) in [5.74, 6) is 0.834. The topological polar surface area (TPSA) is 67.9 Å². The van der Waals surface area contributed by atoms with E-state index in [-0.39, 0.29) is 11.0 Å². The Morgan fingerprint density at radius 3 is 2.50 bits per heavy atom. The Morgan fingerprint density at radius 2 is 1.82 bits per heavy atom. The van der Waals surface area contributed by atoms with Gasteiger partial charge in [0.15, 0.2) is 0 Å². The Balaban J connectivity index is 1.76. The van der Waals surface area contributed by atoms with Crippen LogP contribution in [0.25, 0.3) is 0 Å². The van der Waals surface area contributed by atoms with E-state index >= 15 is 0 Å². The molecule has 6 heteroatoms. The Labute approximate surface area is 170 Å². The molecule has 5 nitrogen and oxygen atoms in total. The molecule has 2 N–H and O–H groups in total. The van der Waals surface area contributed by atoms with Gasteiger partial charge in [0.25, 0.3) is 0 Å². The van der Waals surface area contributed by atoms with Gasteiger partial charge in [0, 0.05) is 5.75 Å². The zero-order valence-electron chi connectivity index (χ0n) is 16.0. The fourth-order valence-electron chi connectivity index (χ4n) is 2.72. The van der Waals surface area contributed by atoms with Crippen molar-refractivity contribution >= 4 is 28.4 Å². The molecule has 1 aliphatic heterocycles. The second-order valence-electron chi connectivity index (χ2n) is 6.45. The molecule has 0 amide bonds. The molecular weight excluding hydrogens is 370 g/mol. The average Bonchev–Trinajstić information content (AvgIpc) is 2.74. The number of hydrazone groups is 1. The minimum absolute atomic E-state index is 0.0330. The van der Waals surface area contributed by atoms with E-state index < -0.39 is 5.92 Å². The highest BCUT2D eigenvalue weighted by molar-refractivity contribution is 8.13. The summed E-state index contributed by atoms with van der Waals surface area (Å²) >= 11 is 1.25. The molecule has 3 rings (SSSR count). The lowest BCUT2D eigenvalue weighted by atomic mass is 10.1. The summed E-state index contributed by atoms with van der Waals surface area (Å²) in [4.78, 5) is 12.8. The van der Waals surface area contributed by atoms with E-state index in [4.69, 9.17) is 10.5 Å². The van der Waals surface area contributed by atoms with Gasteiger partial charge in [-0.15, -0.1) is 0 Å². The van der Waals surface area contributed by atoms with Gasteiger partial charge in [0.05, 0.1) is 12.3 Å². The number of carbonyl (C=O) groups is 1. The van der Waals surface area contributed by atoms with Gasteiger partial charge in [0.2, 0.25) is 11.0 Å². The molecule has 0 aliphatic carbocycles. The van der Waals surface area contributed by atoms with Crippen LogP contribution in [-0.4, -0.2) is 17.6 Å². The Bertz CT molecular complexity index is 837. The fourth-order valence-corrected chi connectivity index (χ4v) is 3.59. The smallest absolute Gasteiger partial charge is 0.212 e. The molecular formula is C22H25N3O2S. The fraction of sp³-hybridized carbons (Fsp3) is 0.273.